The first kappa shape index (κ1) is 15.4. The highest BCUT2D eigenvalue weighted by atomic mass is 19.1. The van der Waals surface area contributed by atoms with Crippen LogP contribution in [0.5, 0.6) is 0 Å². The molecule has 0 unspecified atom stereocenters. The lowest BCUT2D eigenvalue weighted by atomic mass is 10.1. The van der Waals surface area contributed by atoms with Crippen molar-refractivity contribution in [3.05, 3.63) is 53.5 Å². The topological polar surface area (TPSA) is 40.2 Å². The highest BCUT2D eigenvalue weighted by Gasteiger charge is 2.14. The molecule has 1 aliphatic heterocycles. The zero-order chi connectivity index (χ0) is 16.1. The second kappa shape index (κ2) is 7.15. The molecule has 0 aliphatic carbocycles. The molecule has 0 saturated carbocycles. The summed E-state index contributed by atoms with van der Waals surface area (Å²) in [5.41, 5.74) is 0.558. The lowest BCUT2D eigenvalue weighted by molar-refractivity contribution is 0.536. The van der Waals surface area contributed by atoms with Crippen LogP contribution >= 0.6 is 0 Å². The van der Waals surface area contributed by atoms with E-state index in [1.807, 2.05) is 12.1 Å². The molecule has 0 radical (unpaired) electrons. The Balaban J connectivity index is 1.84. The van der Waals surface area contributed by atoms with Crippen LogP contribution in [0.3, 0.4) is 0 Å². The molecule has 0 atom stereocenters. The van der Waals surface area contributed by atoms with E-state index in [4.69, 9.17) is 4.42 Å². The Morgan fingerprint density at radius 2 is 1.83 bits per heavy atom. The maximum Gasteiger partial charge on any atom is 0.196 e. The van der Waals surface area contributed by atoms with Gasteiger partial charge in [-0.1, -0.05) is 31.0 Å². The number of anilines is 1. The number of rotatable bonds is 3. The number of nitriles is 1. The predicted octanol–water partition coefficient (Wildman–Crippen LogP) is 4.86. The van der Waals surface area contributed by atoms with Crippen LogP contribution in [0.25, 0.3) is 11.6 Å². The molecule has 4 heteroatoms. The quantitative estimate of drug-likeness (QED) is 0.760. The van der Waals surface area contributed by atoms with Gasteiger partial charge in [0.05, 0.1) is 11.6 Å². The molecule has 1 aliphatic rings. The molecule has 3 rings (SSSR count). The van der Waals surface area contributed by atoms with Crippen LogP contribution in [0.15, 0.2) is 40.8 Å². The predicted molar refractivity (Wildman–Crippen MR) is 89.3 cm³/mol. The molecule has 1 saturated heterocycles. The Kier molecular flexibility index (Phi) is 4.77. The van der Waals surface area contributed by atoms with Crippen LogP contribution in [0, 0.1) is 17.1 Å². The van der Waals surface area contributed by atoms with Gasteiger partial charge in [0.2, 0.25) is 0 Å². The minimum absolute atomic E-state index is 0.264. The van der Waals surface area contributed by atoms with Gasteiger partial charge in [-0.2, -0.15) is 5.26 Å². The summed E-state index contributed by atoms with van der Waals surface area (Å²) in [5, 5.41) is 9.32. The number of halogens is 1. The minimum atomic E-state index is -0.403. The largest absolute Gasteiger partial charge is 0.441 e. The number of hydrogen-bond acceptors (Lipinski definition) is 3. The molecule has 0 spiro atoms. The fourth-order valence-electron chi connectivity index (χ4n) is 2.87. The fraction of sp³-hybridized carbons (Fsp3) is 0.316. The minimum Gasteiger partial charge on any atom is -0.441 e. The monoisotopic (exact) mass is 310 g/mol. The van der Waals surface area contributed by atoms with Crippen LogP contribution in [0.2, 0.25) is 0 Å². The number of benzene rings is 1. The Morgan fingerprint density at radius 1 is 1.09 bits per heavy atom. The van der Waals surface area contributed by atoms with Crippen molar-refractivity contribution in [3.8, 4) is 6.07 Å². The highest BCUT2D eigenvalue weighted by molar-refractivity contribution is 5.89. The van der Waals surface area contributed by atoms with E-state index in [0.717, 1.165) is 19.0 Å². The van der Waals surface area contributed by atoms with E-state index in [9.17, 15) is 9.65 Å². The molecule has 2 heterocycles. The van der Waals surface area contributed by atoms with E-state index >= 15 is 0 Å². The Bertz CT molecular complexity index is 734. The first-order chi connectivity index (χ1) is 11.3. The summed E-state index contributed by atoms with van der Waals surface area (Å²) >= 11 is 0. The third-order valence-corrected chi connectivity index (χ3v) is 4.10. The molecule has 23 heavy (non-hydrogen) atoms. The molecule has 0 N–H and O–H groups in total. The van der Waals surface area contributed by atoms with Gasteiger partial charge in [-0.05, 0) is 31.1 Å². The summed E-state index contributed by atoms with van der Waals surface area (Å²) in [6, 6.07) is 12.1. The molecule has 3 nitrogen and oxygen atoms in total. The second-order valence-electron chi connectivity index (χ2n) is 5.73. The lowest BCUT2D eigenvalue weighted by Crippen LogP contribution is -2.23. The fourth-order valence-corrected chi connectivity index (χ4v) is 2.87. The van der Waals surface area contributed by atoms with Crippen LogP contribution in [-0.2, 0) is 0 Å². The number of allylic oxidation sites excluding steroid dienone is 1. The SMILES string of the molecule is N#C/C(=C/c1ccc(N2CCCCCC2)o1)c1ccccc1F. The lowest BCUT2D eigenvalue weighted by Gasteiger charge is -2.18. The standard InChI is InChI=1S/C19H19FN2O/c20-18-8-4-3-7-17(18)15(14-21)13-16-9-10-19(23-16)22-11-5-1-2-6-12-22/h3-4,7-10,13H,1-2,5-6,11-12H2/b15-13-. The van der Waals surface area contributed by atoms with Crippen molar-refractivity contribution in [3.63, 3.8) is 0 Å². The van der Waals surface area contributed by atoms with Gasteiger partial charge in [-0.3, -0.25) is 0 Å². The van der Waals surface area contributed by atoms with E-state index in [2.05, 4.69) is 11.0 Å². The summed E-state index contributed by atoms with van der Waals surface area (Å²) in [6.07, 6.45) is 6.46. The van der Waals surface area contributed by atoms with E-state index in [1.54, 1.807) is 24.3 Å². The number of hydrogen-bond donors (Lipinski definition) is 0. The van der Waals surface area contributed by atoms with Crippen LogP contribution in [0.1, 0.15) is 37.0 Å². The average molecular weight is 310 g/mol. The van der Waals surface area contributed by atoms with E-state index in [1.165, 1.54) is 31.7 Å². The number of nitrogens with zero attached hydrogens (tertiary/aromatic N) is 2. The molecular formula is C19H19FN2O. The Morgan fingerprint density at radius 3 is 2.52 bits per heavy atom. The third-order valence-electron chi connectivity index (χ3n) is 4.10. The molecule has 1 fully saturated rings. The van der Waals surface area contributed by atoms with Crippen LogP contribution in [0.4, 0.5) is 10.3 Å². The van der Waals surface area contributed by atoms with Gasteiger partial charge in [-0.25, -0.2) is 4.39 Å². The molecule has 1 aromatic carbocycles. The smallest absolute Gasteiger partial charge is 0.196 e. The van der Waals surface area contributed by atoms with Crippen molar-refractivity contribution in [1.29, 1.82) is 5.26 Å². The number of furan rings is 1. The van der Waals surface area contributed by atoms with Gasteiger partial charge >= 0.3 is 0 Å². The van der Waals surface area contributed by atoms with Gasteiger partial charge in [0.15, 0.2) is 5.88 Å². The van der Waals surface area contributed by atoms with Crippen molar-refractivity contribution in [1.82, 2.24) is 0 Å². The van der Waals surface area contributed by atoms with Crippen molar-refractivity contribution in [2.45, 2.75) is 25.7 Å². The summed E-state index contributed by atoms with van der Waals surface area (Å²) in [6.45, 7) is 1.99. The van der Waals surface area contributed by atoms with Crippen molar-refractivity contribution in [2.75, 3.05) is 18.0 Å². The summed E-state index contributed by atoms with van der Waals surface area (Å²) in [7, 11) is 0. The summed E-state index contributed by atoms with van der Waals surface area (Å²) < 4.78 is 19.7. The normalized spacial score (nSPS) is 16.0. The Hall–Kier alpha value is -2.54. The maximum atomic E-state index is 13.8. The summed E-state index contributed by atoms with van der Waals surface area (Å²) in [5.74, 6) is 0.993. The first-order valence-electron chi connectivity index (χ1n) is 7.99. The van der Waals surface area contributed by atoms with Crippen LogP contribution < -0.4 is 4.90 Å². The molecule has 1 aromatic heterocycles. The first-order valence-corrected chi connectivity index (χ1v) is 7.99. The van der Waals surface area contributed by atoms with Gasteiger partial charge in [0.25, 0.3) is 0 Å². The van der Waals surface area contributed by atoms with Crippen LogP contribution in [-0.4, -0.2) is 13.1 Å². The Labute approximate surface area is 135 Å². The molecule has 0 bridgehead atoms. The molecule has 2 aromatic rings. The second-order valence-corrected chi connectivity index (χ2v) is 5.73. The van der Waals surface area contributed by atoms with Crippen molar-refractivity contribution < 1.29 is 8.81 Å². The zero-order valence-electron chi connectivity index (χ0n) is 13.0. The molecular weight excluding hydrogens is 291 g/mol. The maximum absolute atomic E-state index is 13.8. The van der Waals surface area contributed by atoms with E-state index in [0.29, 0.717) is 11.3 Å². The summed E-state index contributed by atoms with van der Waals surface area (Å²) in [4.78, 5) is 2.24. The van der Waals surface area contributed by atoms with E-state index < -0.39 is 5.82 Å². The van der Waals surface area contributed by atoms with E-state index in [-0.39, 0.29) is 5.57 Å². The van der Waals surface area contributed by atoms with Gasteiger partial charge in [0.1, 0.15) is 11.6 Å². The van der Waals surface area contributed by atoms with Gasteiger partial charge in [-0.15, -0.1) is 0 Å². The van der Waals surface area contributed by atoms with Crippen molar-refractivity contribution >= 4 is 17.5 Å². The molecule has 0 amide bonds. The zero-order valence-corrected chi connectivity index (χ0v) is 13.0. The highest BCUT2D eigenvalue weighted by Crippen LogP contribution is 2.26. The average Bonchev–Trinajstić information content (AvgIpc) is 2.86. The van der Waals surface area contributed by atoms with Gasteiger partial charge in [0, 0.05) is 24.7 Å². The third kappa shape index (κ3) is 3.62. The van der Waals surface area contributed by atoms with Crippen molar-refractivity contribution in [2.24, 2.45) is 0 Å². The molecule has 118 valence electrons. The van der Waals surface area contributed by atoms with Gasteiger partial charge < -0.3 is 9.32 Å².